The van der Waals surface area contributed by atoms with Crippen LogP contribution in [-0.4, -0.2) is 30.0 Å². The van der Waals surface area contributed by atoms with Crippen molar-refractivity contribution in [2.24, 2.45) is 5.73 Å². The van der Waals surface area contributed by atoms with Crippen LogP contribution in [0.1, 0.15) is 22.7 Å². The van der Waals surface area contributed by atoms with Gasteiger partial charge >= 0.3 is 0 Å². The van der Waals surface area contributed by atoms with Gasteiger partial charge in [0.05, 0.1) is 0 Å². The van der Waals surface area contributed by atoms with Gasteiger partial charge in [-0.05, 0) is 19.4 Å². The Morgan fingerprint density at radius 3 is 2.40 bits per heavy atom. The van der Waals surface area contributed by atoms with Crippen molar-refractivity contribution in [3.05, 3.63) is 34.9 Å². The maximum Gasteiger partial charge on any atom is 0.208 e. The summed E-state index contributed by atoms with van der Waals surface area (Å²) in [5, 5.41) is 9.22. The normalized spacial score (nSPS) is 12.4. The van der Waals surface area contributed by atoms with Crippen molar-refractivity contribution < 1.29 is 0 Å². The number of nitrogens with zero attached hydrogens (tertiary/aromatic N) is 3. The molecule has 20 heavy (non-hydrogen) atoms. The van der Waals surface area contributed by atoms with Gasteiger partial charge in [-0.3, -0.25) is 0 Å². The van der Waals surface area contributed by atoms with Gasteiger partial charge in [0.2, 0.25) is 5.13 Å². The Kier molecular flexibility index (Phi) is 5.01. The van der Waals surface area contributed by atoms with Crippen LogP contribution in [0.25, 0.3) is 0 Å². The van der Waals surface area contributed by atoms with Crippen LogP contribution in [0.2, 0.25) is 0 Å². The Bertz CT molecular complexity index is 560. The highest BCUT2D eigenvalue weighted by atomic mass is 32.2. The van der Waals surface area contributed by atoms with Crippen molar-refractivity contribution in [2.45, 2.75) is 24.2 Å². The average Bonchev–Trinajstić information content (AvgIpc) is 2.83. The summed E-state index contributed by atoms with van der Waals surface area (Å²) in [5.74, 6) is 0.810. The molecular formula is C14H20N4S2. The highest BCUT2D eigenvalue weighted by molar-refractivity contribution is 8.01. The van der Waals surface area contributed by atoms with Crippen molar-refractivity contribution in [2.75, 3.05) is 24.7 Å². The van der Waals surface area contributed by atoms with Gasteiger partial charge in [-0.2, -0.15) is 0 Å². The number of aryl methyl sites for hydroxylation is 2. The molecule has 0 fully saturated rings. The van der Waals surface area contributed by atoms with Crippen LogP contribution in [0, 0.1) is 13.8 Å². The number of rotatable bonds is 5. The Hall–Kier alpha value is -1.11. The first-order valence-corrected chi connectivity index (χ1v) is 8.23. The zero-order valence-corrected chi connectivity index (χ0v) is 13.9. The topological polar surface area (TPSA) is 55.0 Å². The molecule has 0 aliphatic heterocycles. The lowest BCUT2D eigenvalue weighted by Crippen LogP contribution is -2.13. The molecule has 0 saturated heterocycles. The fourth-order valence-electron chi connectivity index (χ4n) is 1.92. The summed E-state index contributed by atoms with van der Waals surface area (Å²) in [6, 6.07) is 6.50. The molecule has 0 bridgehead atoms. The molecule has 1 unspecified atom stereocenters. The Morgan fingerprint density at radius 1 is 1.20 bits per heavy atom. The molecule has 1 heterocycles. The zero-order valence-electron chi connectivity index (χ0n) is 12.3. The maximum absolute atomic E-state index is 6.27. The van der Waals surface area contributed by atoms with Gasteiger partial charge in [-0.15, -0.1) is 10.2 Å². The number of aromatic nitrogens is 2. The number of hydrogen-bond acceptors (Lipinski definition) is 6. The number of benzene rings is 1. The number of anilines is 1. The summed E-state index contributed by atoms with van der Waals surface area (Å²) >= 11 is 3.26. The Labute approximate surface area is 128 Å². The molecule has 0 aliphatic carbocycles. The van der Waals surface area contributed by atoms with Crippen LogP contribution in [0.4, 0.5) is 5.13 Å². The molecule has 1 aromatic heterocycles. The van der Waals surface area contributed by atoms with Crippen LogP contribution in [0.5, 0.6) is 0 Å². The second-order valence-electron chi connectivity index (χ2n) is 5.08. The molecule has 4 nitrogen and oxygen atoms in total. The lowest BCUT2D eigenvalue weighted by Gasteiger charge is -2.12. The fourth-order valence-corrected chi connectivity index (χ4v) is 3.70. The third kappa shape index (κ3) is 3.94. The number of nitrogens with two attached hydrogens (primary N) is 1. The lowest BCUT2D eigenvalue weighted by molar-refractivity contribution is 0.827. The summed E-state index contributed by atoms with van der Waals surface area (Å²) in [6.07, 6.45) is 0. The molecule has 2 aromatic rings. The minimum atomic E-state index is 0.0188. The highest BCUT2D eigenvalue weighted by Gasteiger charge is 2.11. The average molecular weight is 308 g/mol. The van der Waals surface area contributed by atoms with Crippen LogP contribution in [0.15, 0.2) is 22.5 Å². The second-order valence-corrected chi connectivity index (χ2v) is 7.31. The van der Waals surface area contributed by atoms with E-state index in [1.54, 1.807) is 23.1 Å². The first-order valence-electron chi connectivity index (χ1n) is 6.43. The van der Waals surface area contributed by atoms with Gasteiger partial charge in [-0.1, -0.05) is 52.4 Å². The van der Waals surface area contributed by atoms with Crippen LogP contribution in [-0.2, 0) is 0 Å². The van der Waals surface area contributed by atoms with E-state index >= 15 is 0 Å². The lowest BCUT2D eigenvalue weighted by atomic mass is 10.0. The monoisotopic (exact) mass is 308 g/mol. The summed E-state index contributed by atoms with van der Waals surface area (Å²) in [4.78, 5) is 1.96. The number of thioether (sulfide) groups is 1. The van der Waals surface area contributed by atoms with Gasteiger partial charge < -0.3 is 10.6 Å². The molecule has 0 aliphatic rings. The molecule has 0 amide bonds. The highest BCUT2D eigenvalue weighted by Crippen LogP contribution is 2.29. The SMILES string of the molecule is Cc1cc(C)cc(C(N)CSc2nnc(N(C)C)s2)c1. The van der Waals surface area contributed by atoms with Gasteiger partial charge in [0.1, 0.15) is 0 Å². The summed E-state index contributed by atoms with van der Waals surface area (Å²) < 4.78 is 0.966. The van der Waals surface area contributed by atoms with Crippen molar-refractivity contribution in [1.29, 1.82) is 0 Å². The van der Waals surface area contributed by atoms with E-state index in [1.807, 2.05) is 19.0 Å². The van der Waals surface area contributed by atoms with E-state index in [0.717, 1.165) is 15.2 Å². The molecular weight excluding hydrogens is 288 g/mol. The molecule has 1 atom stereocenters. The Morgan fingerprint density at radius 2 is 1.85 bits per heavy atom. The predicted octanol–water partition coefficient (Wildman–Crippen LogP) is 3.01. The van der Waals surface area contributed by atoms with E-state index in [0.29, 0.717) is 0 Å². The fraction of sp³-hybridized carbons (Fsp3) is 0.429. The summed E-state index contributed by atoms with van der Waals surface area (Å²) in [5.41, 5.74) is 9.97. The Balaban J connectivity index is 1.98. The number of hydrogen-bond donors (Lipinski definition) is 1. The van der Waals surface area contributed by atoms with Crippen LogP contribution < -0.4 is 10.6 Å². The first kappa shape index (κ1) is 15.3. The van der Waals surface area contributed by atoms with Gasteiger partial charge in [0.25, 0.3) is 0 Å². The second kappa shape index (κ2) is 6.56. The summed E-state index contributed by atoms with van der Waals surface area (Å²) in [6.45, 7) is 4.20. The molecule has 1 aromatic carbocycles. The van der Waals surface area contributed by atoms with Gasteiger partial charge in [0.15, 0.2) is 4.34 Å². The molecule has 0 radical (unpaired) electrons. The van der Waals surface area contributed by atoms with E-state index in [9.17, 15) is 0 Å². The van der Waals surface area contributed by atoms with Crippen molar-refractivity contribution in [1.82, 2.24) is 10.2 Å². The van der Waals surface area contributed by atoms with E-state index < -0.39 is 0 Å². The standard InChI is InChI=1S/C14H20N4S2/c1-9-5-10(2)7-11(6-9)12(15)8-19-14-17-16-13(20-14)18(3)4/h5-7,12H,8,15H2,1-4H3. The third-order valence-electron chi connectivity index (χ3n) is 2.84. The molecule has 2 rings (SSSR count). The minimum absolute atomic E-state index is 0.0188. The molecule has 0 saturated carbocycles. The van der Waals surface area contributed by atoms with Crippen molar-refractivity contribution in [3.63, 3.8) is 0 Å². The van der Waals surface area contributed by atoms with Crippen molar-refractivity contribution >= 4 is 28.2 Å². The van der Waals surface area contributed by atoms with Crippen molar-refractivity contribution in [3.8, 4) is 0 Å². The molecule has 0 spiro atoms. The largest absolute Gasteiger partial charge is 0.353 e. The van der Waals surface area contributed by atoms with E-state index in [2.05, 4.69) is 42.2 Å². The third-order valence-corrected chi connectivity index (χ3v) is 5.18. The van der Waals surface area contributed by atoms with Gasteiger partial charge in [0, 0.05) is 25.9 Å². The van der Waals surface area contributed by atoms with Crippen LogP contribution >= 0.6 is 23.1 Å². The molecule has 108 valence electrons. The smallest absolute Gasteiger partial charge is 0.208 e. The zero-order chi connectivity index (χ0) is 14.7. The van der Waals surface area contributed by atoms with E-state index in [4.69, 9.17) is 5.73 Å². The van der Waals surface area contributed by atoms with E-state index in [-0.39, 0.29) is 6.04 Å². The predicted molar refractivity (Wildman–Crippen MR) is 87.8 cm³/mol. The maximum atomic E-state index is 6.27. The van der Waals surface area contributed by atoms with Gasteiger partial charge in [-0.25, -0.2) is 0 Å². The summed E-state index contributed by atoms with van der Waals surface area (Å²) in [7, 11) is 3.94. The minimum Gasteiger partial charge on any atom is -0.353 e. The molecule has 2 N–H and O–H groups in total. The molecule has 6 heteroatoms. The van der Waals surface area contributed by atoms with E-state index in [1.165, 1.54) is 16.7 Å². The first-order chi connectivity index (χ1) is 9.45. The quantitative estimate of drug-likeness (QED) is 0.861. The van der Waals surface area contributed by atoms with Crippen LogP contribution in [0.3, 0.4) is 0 Å².